The van der Waals surface area contributed by atoms with Gasteiger partial charge in [0.25, 0.3) is 0 Å². The van der Waals surface area contributed by atoms with Crippen molar-refractivity contribution in [2.75, 3.05) is 5.75 Å². The molecule has 0 radical (unpaired) electrons. The average molecular weight is 569 g/mol. The highest BCUT2D eigenvalue weighted by molar-refractivity contribution is 7.85. The molecule has 12 atom stereocenters. The summed E-state index contributed by atoms with van der Waals surface area (Å²) in [5.41, 5.74) is 0.336. The van der Waals surface area contributed by atoms with E-state index in [1.165, 1.54) is 0 Å². The van der Waals surface area contributed by atoms with Crippen LogP contribution in [-0.2, 0) is 14.9 Å². The maximum absolute atomic E-state index is 12.8. The van der Waals surface area contributed by atoms with Crippen LogP contribution in [0.15, 0.2) is 0 Å². The van der Waals surface area contributed by atoms with Crippen molar-refractivity contribution in [3.05, 3.63) is 0 Å². The highest BCUT2D eigenvalue weighted by Crippen LogP contribution is 2.69. The fourth-order valence-electron chi connectivity index (χ4n) is 10.4. The Morgan fingerprint density at radius 1 is 1.00 bits per heavy atom. The summed E-state index contributed by atoms with van der Waals surface area (Å²) < 4.78 is 33.8. The van der Waals surface area contributed by atoms with Gasteiger partial charge in [0.05, 0.1) is 28.1 Å². The van der Waals surface area contributed by atoms with Crippen LogP contribution in [0.5, 0.6) is 0 Å². The number of hydrogen-bond acceptors (Lipinski definition) is 6. The highest BCUT2D eigenvalue weighted by atomic mass is 32.2. The Balaban J connectivity index is 1.44. The van der Waals surface area contributed by atoms with Crippen LogP contribution in [0.25, 0.3) is 0 Å². The predicted octanol–water partition coefficient (Wildman–Crippen LogP) is 4.72. The zero-order valence-electron chi connectivity index (χ0n) is 25.1. The Labute approximate surface area is 237 Å². The first-order valence-electron chi connectivity index (χ1n) is 15.7. The first kappa shape index (κ1) is 31.2. The van der Waals surface area contributed by atoms with Gasteiger partial charge in [-0.3, -0.25) is 4.79 Å². The lowest BCUT2D eigenvalue weighted by Gasteiger charge is -2.64. The molecule has 0 aromatic heterocycles. The minimum Gasteiger partial charge on any atom is -0.748 e. The lowest BCUT2D eigenvalue weighted by Crippen LogP contribution is -2.62. The summed E-state index contributed by atoms with van der Waals surface area (Å²) in [6, 6.07) is -0.663. The van der Waals surface area contributed by atoms with Gasteiger partial charge in [0.1, 0.15) is 0 Å². The molecule has 4 fully saturated rings. The number of rotatable bonds is 9. The number of hydrogen-bond donors (Lipinski definition) is 3. The van der Waals surface area contributed by atoms with Gasteiger partial charge in [-0.1, -0.05) is 48.0 Å². The number of amides is 1. The minimum absolute atomic E-state index is 0.137. The zero-order chi connectivity index (χ0) is 28.9. The smallest absolute Gasteiger partial charge is 0.220 e. The van der Waals surface area contributed by atoms with Gasteiger partial charge in [-0.05, 0) is 110 Å². The van der Waals surface area contributed by atoms with Crippen molar-refractivity contribution in [1.82, 2.24) is 5.32 Å². The number of nitrogens with one attached hydrogen (secondary N) is 1. The van der Waals surface area contributed by atoms with Crippen LogP contribution >= 0.6 is 0 Å². The van der Waals surface area contributed by atoms with Crippen molar-refractivity contribution in [2.45, 2.75) is 124 Å². The van der Waals surface area contributed by atoms with Crippen molar-refractivity contribution < 1.29 is 28.0 Å². The molecule has 3 N–H and O–H groups in total. The maximum atomic E-state index is 12.8. The SMILES string of the molecule is CC[C@H]1[C@@H](O)[C@@H]2[C@H](CC[C@]3(C)[C@@H]([C@H](C)CCC(=O)N[C@@H](CS(=O)(=O)[O-])C(C)C)CC[C@@H]23)[C@@]2(C)CC[C@@H](O)C[C@@H]12. The molecule has 226 valence electrons. The highest BCUT2D eigenvalue weighted by Gasteiger charge is 2.64. The summed E-state index contributed by atoms with van der Waals surface area (Å²) in [5, 5.41) is 25.2. The number of carbonyl (C=O) groups is 1. The van der Waals surface area contributed by atoms with Crippen molar-refractivity contribution >= 4 is 16.0 Å². The molecular weight excluding hydrogens is 514 g/mol. The lowest BCUT2D eigenvalue weighted by atomic mass is 9.41. The van der Waals surface area contributed by atoms with Gasteiger partial charge in [0.2, 0.25) is 5.91 Å². The van der Waals surface area contributed by atoms with Crippen LogP contribution in [0.3, 0.4) is 0 Å². The lowest BCUT2D eigenvalue weighted by molar-refractivity contribution is -0.203. The third-order valence-corrected chi connectivity index (χ3v) is 13.3. The van der Waals surface area contributed by atoms with Gasteiger partial charge in [-0.15, -0.1) is 0 Å². The summed E-state index contributed by atoms with van der Waals surface area (Å²) in [6.07, 6.45) is 8.81. The van der Waals surface area contributed by atoms with E-state index in [-0.39, 0.29) is 40.8 Å². The number of aliphatic hydroxyl groups is 2. The first-order chi connectivity index (χ1) is 18.1. The van der Waals surface area contributed by atoms with Crippen molar-refractivity contribution in [3.63, 3.8) is 0 Å². The van der Waals surface area contributed by atoms with Crippen LogP contribution in [-0.4, -0.2) is 53.1 Å². The topological polar surface area (TPSA) is 127 Å². The van der Waals surface area contributed by atoms with Crippen molar-refractivity contribution in [2.24, 2.45) is 58.2 Å². The predicted molar refractivity (Wildman–Crippen MR) is 152 cm³/mol. The molecule has 4 saturated carbocycles. The molecule has 0 bridgehead atoms. The Hall–Kier alpha value is -0.700. The molecule has 0 heterocycles. The largest absolute Gasteiger partial charge is 0.748 e. The second-order valence-electron chi connectivity index (χ2n) is 14.8. The van der Waals surface area contributed by atoms with E-state index in [2.05, 4.69) is 33.0 Å². The molecule has 0 aromatic rings. The van der Waals surface area contributed by atoms with Crippen molar-refractivity contribution in [3.8, 4) is 0 Å². The van der Waals surface area contributed by atoms with Gasteiger partial charge in [-0.2, -0.15) is 0 Å². The molecular formula is C31H54NO6S-. The molecule has 7 nitrogen and oxygen atoms in total. The Morgan fingerprint density at radius 2 is 1.64 bits per heavy atom. The normalized spacial score (nSPS) is 43.7. The molecule has 39 heavy (non-hydrogen) atoms. The maximum Gasteiger partial charge on any atom is 0.220 e. The number of fused-ring (bicyclic) bond motifs is 5. The first-order valence-corrected chi connectivity index (χ1v) is 17.3. The molecule has 0 saturated heterocycles. The second-order valence-corrected chi connectivity index (χ2v) is 16.2. The van der Waals surface area contributed by atoms with Crippen LogP contribution < -0.4 is 5.32 Å². The van der Waals surface area contributed by atoms with E-state index in [1.807, 2.05) is 13.8 Å². The fraction of sp³-hybridized carbons (Fsp3) is 0.968. The van der Waals surface area contributed by atoms with E-state index < -0.39 is 21.9 Å². The summed E-state index contributed by atoms with van der Waals surface area (Å²) >= 11 is 0. The summed E-state index contributed by atoms with van der Waals surface area (Å²) in [6.45, 7) is 13.0. The van der Waals surface area contributed by atoms with Gasteiger partial charge >= 0.3 is 0 Å². The van der Waals surface area contributed by atoms with E-state index in [1.54, 1.807) is 0 Å². The Kier molecular flexibility index (Phi) is 9.23. The zero-order valence-corrected chi connectivity index (χ0v) is 25.9. The van der Waals surface area contributed by atoms with Crippen LogP contribution in [0.4, 0.5) is 0 Å². The van der Waals surface area contributed by atoms with Gasteiger partial charge < -0.3 is 20.1 Å². The summed E-state index contributed by atoms with van der Waals surface area (Å²) in [7, 11) is -4.41. The van der Waals surface area contributed by atoms with E-state index in [0.717, 1.165) is 57.8 Å². The standard InChI is InChI=1S/C31H55NO6S/c1-7-21-25-16-20(33)12-14-31(25,6)24-13-15-30(5)22(9-10-23(30)28(24)29(21)35)19(4)8-11-27(34)32-26(18(2)3)17-39(36,37)38/h18-26,28-29,33,35H,7-17H2,1-6H3,(H,32,34)(H,36,37,38)/p-1/t19-,20-,21-,22-,23+,24+,25+,26+,28+,29-,30-,31-/m1/s1. The molecule has 4 aliphatic carbocycles. The van der Waals surface area contributed by atoms with Crippen molar-refractivity contribution in [1.29, 1.82) is 0 Å². The monoisotopic (exact) mass is 568 g/mol. The van der Waals surface area contributed by atoms with Crippen LogP contribution in [0, 0.1) is 58.2 Å². The molecule has 8 heteroatoms. The van der Waals surface area contributed by atoms with E-state index in [9.17, 15) is 28.0 Å². The third kappa shape index (κ3) is 5.96. The molecule has 0 aromatic carbocycles. The summed E-state index contributed by atoms with van der Waals surface area (Å²) in [5.74, 6) is 1.90. The van der Waals surface area contributed by atoms with Crippen LogP contribution in [0.1, 0.15) is 106 Å². The molecule has 4 rings (SSSR count). The summed E-state index contributed by atoms with van der Waals surface area (Å²) in [4.78, 5) is 12.8. The van der Waals surface area contributed by atoms with E-state index >= 15 is 0 Å². The average Bonchev–Trinajstić information content (AvgIpc) is 3.20. The van der Waals surface area contributed by atoms with Gasteiger partial charge in [0.15, 0.2) is 0 Å². The molecule has 1 amide bonds. The minimum atomic E-state index is -4.41. The Morgan fingerprint density at radius 3 is 2.26 bits per heavy atom. The Bertz CT molecular complexity index is 986. The van der Waals surface area contributed by atoms with E-state index in [4.69, 9.17) is 0 Å². The second kappa shape index (κ2) is 11.5. The van der Waals surface area contributed by atoms with Gasteiger partial charge in [-0.25, -0.2) is 8.42 Å². The number of aliphatic hydroxyl groups excluding tert-OH is 2. The quantitative estimate of drug-likeness (QED) is 0.346. The van der Waals surface area contributed by atoms with Gasteiger partial charge in [0, 0.05) is 12.5 Å². The molecule has 4 aliphatic rings. The van der Waals surface area contributed by atoms with E-state index in [0.29, 0.717) is 41.9 Å². The third-order valence-electron chi connectivity index (χ3n) is 12.5. The molecule has 0 unspecified atom stereocenters. The number of carbonyl (C=O) groups excluding carboxylic acids is 1. The fourth-order valence-corrected chi connectivity index (χ4v) is 11.3. The van der Waals surface area contributed by atoms with Crippen LogP contribution in [0.2, 0.25) is 0 Å². The molecule has 0 spiro atoms. The molecule has 0 aliphatic heterocycles.